The van der Waals surface area contributed by atoms with Crippen LogP contribution in [0.25, 0.3) is 10.9 Å². The van der Waals surface area contributed by atoms with Gasteiger partial charge in [-0.1, -0.05) is 42.5 Å². The third-order valence-corrected chi connectivity index (χ3v) is 6.46. The number of para-hydroxylation sites is 1. The van der Waals surface area contributed by atoms with E-state index in [1.807, 2.05) is 42.6 Å². The van der Waals surface area contributed by atoms with Gasteiger partial charge in [0, 0.05) is 55.4 Å². The maximum atomic E-state index is 13.1. The normalized spacial score (nSPS) is 13.6. The Balaban J connectivity index is 1.38. The molecular formula is C26H27N5O4. The quantitative estimate of drug-likeness (QED) is 0.312. The van der Waals surface area contributed by atoms with Crippen molar-refractivity contribution in [1.82, 2.24) is 25.0 Å². The van der Waals surface area contributed by atoms with E-state index in [1.54, 1.807) is 16.8 Å². The van der Waals surface area contributed by atoms with Gasteiger partial charge in [0.1, 0.15) is 0 Å². The number of carbonyl (C=O) groups excluding carboxylic acids is 1. The van der Waals surface area contributed by atoms with Gasteiger partial charge in [0.25, 0.3) is 5.91 Å². The first-order valence-corrected chi connectivity index (χ1v) is 11.6. The zero-order valence-corrected chi connectivity index (χ0v) is 19.2. The molecule has 1 aliphatic rings. The number of nitrogens with zero attached hydrogens (tertiary/aromatic N) is 3. The zero-order chi connectivity index (χ0) is 24.4. The van der Waals surface area contributed by atoms with E-state index in [1.165, 1.54) is 0 Å². The number of fused-ring (bicyclic) bond motifs is 2. The van der Waals surface area contributed by atoms with Gasteiger partial charge < -0.3 is 20.5 Å². The highest BCUT2D eigenvalue weighted by molar-refractivity contribution is 6.03. The van der Waals surface area contributed by atoms with Gasteiger partial charge in [0.15, 0.2) is 5.69 Å². The molecule has 2 aromatic carbocycles. The molecule has 0 saturated heterocycles. The molecular weight excluding hydrogens is 446 g/mol. The molecule has 9 heteroatoms. The lowest BCUT2D eigenvalue weighted by Gasteiger charge is -2.27. The highest BCUT2D eigenvalue weighted by Crippen LogP contribution is 2.27. The minimum atomic E-state index is -0.964. The molecule has 1 amide bonds. The number of aromatic carboxylic acids is 1. The van der Waals surface area contributed by atoms with Crippen molar-refractivity contribution in [2.75, 3.05) is 13.2 Å². The van der Waals surface area contributed by atoms with Crippen molar-refractivity contribution in [2.24, 2.45) is 0 Å². The number of aromatic nitrogens is 3. The predicted molar refractivity (Wildman–Crippen MR) is 130 cm³/mol. The molecule has 0 unspecified atom stereocenters. The minimum absolute atomic E-state index is 0.0514. The van der Waals surface area contributed by atoms with Crippen molar-refractivity contribution >= 4 is 22.8 Å². The molecule has 0 saturated carbocycles. The van der Waals surface area contributed by atoms with E-state index in [9.17, 15) is 19.8 Å². The topological polar surface area (TPSA) is 123 Å². The van der Waals surface area contributed by atoms with Gasteiger partial charge in [-0.2, -0.15) is 5.10 Å². The van der Waals surface area contributed by atoms with E-state index in [2.05, 4.69) is 20.3 Å². The smallest absolute Gasteiger partial charge is 0.337 e. The first kappa shape index (κ1) is 22.8. The summed E-state index contributed by atoms with van der Waals surface area (Å²) in [5, 5.41) is 27.4. The molecule has 0 radical (unpaired) electrons. The zero-order valence-electron chi connectivity index (χ0n) is 19.2. The van der Waals surface area contributed by atoms with Crippen LogP contribution < -0.4 is 5.32 Å². The van der Waals surface area contributed by atoms with E-state index >= 15 is 0 Å². The van der Waals surface area contributed by atoms with Gasteiger partial charge in [0.05, 0.1) is 24.2 Å². The molecule has 0 fully saturated rings. The number of carbonyl (C=O) groups is 2. The Labute approximate surface area is 202 Å². The molecule has 3 heterocycles. The highest BCUT2D eigenvalue weighted by Gasteiger charge is 2.28. The number of carboxylic acid groups (broad SMARTS) is 1. The fourth-order valence-electron chi connectivity index (χ4n) is 4.77. The summed E-state index contributed by atoms with van der Waals surface area (Å²) in [6.45, 7) is 2.62. The molecule has 180 valence electrons. The fourth-order valence-corrected chi connectivity index (χ4v) is 4.77. The van der Waals surface area contributed by atoms with Crippen LogP contribution in [0.3, 0.4) is 0 Å². The molecule has 4 aromatic rings. The van der Waals surface area contributed by atoms with Crippen LogP contribution in [0.4, 0.5) is 0 Å². The third kappa shape index (κ3) is 4.55. The average molecular weight is 474 g/mol. The number of H-pyrrole nitrogens is 1. The van der Waals surface area contributed by atoms with Crippen LogP contribution in [0.2, 0.25) is 0 Å². The number of rotatable bonds is 8. The van der Waals surface area contributed by atoms with Crippen molar-refractivity contribution in [2.45, 2.75) is 32.6 Å². The fraction of sp³-hybridized carbons (Fsp3) is 0.269. The van der Waals surface area contributed by atoms with Crippen LogP contribution >= 0.6 is 0 Å². The number of hydrogen-bond donors (Lipinski definition) is 4. The number of aliphatic hydroxyl groups is 1. The van der Waals surface area contributed by atoms with E-state index in [-0.39, 0.29) is 18.1 Å². The van der Waals surface area contributed by atoms with Gasteiger partial charge in [-0.15, -0.1) is 0 Å². The number of nitrogens with one attached hydrogen (secondary N) is 2. The van der Waals surface area contributed by atoms with Crippen molar-refractivity contribution in [1.29, 1.82) is 0 Å². The Hall–Kier alpha value is -3.95. The summed E-state index contributed by atoms with van der Waals surface area (Å²) in [7, 11) is 0. The SMILES string of the molecule is O=C(NCc1ccccc1)c1nn(CCO)c2c1CN(Cc1c[nH]c3c(C(=O)O)cccc13)CC2. The van der Waals surface area contributed by atoms with E-state index in [0.29, 0.717) is 43.8 Å². The first-order chi connectivity index (χ1) is 17.0. The molecule has 2 aromatic heterocycles. The summed E-state index contributed by atoms with van der Waals surface area (Å²) in [6.07, 6.45) is 2.56. The predicted octanol–water partition coefficient (Wildman–Crippen LogP) is 2.54. The van der Waals surface area contributed by atoms with Crippen molar-refractivity contribution in [3.8, 4) is 0 Å². The van der Waals surface area contributed by atoms with Crippen LogP contribution in [0, 0.1) is 0 Å². The number of carboxylic acids is 1. The molecule has 35 heavy (non-hydrogen) atoms. The number of hydrogen-bond acceptors (Lipinski definition) is 5. The number of benzene rings is 2. The van der Waals surface area contributed by atoms with Crippen LogP contribution in [-0.2, 0) is 32.6 Å². The second-order valence-electron chi connectivity index (χ2n) is 8.70. The number of aromatic amines is 1. The maximum absolute atomic E-state index is 13.1. The summed E-state index contributed by atoms with van der Waals surface area (Å²) in [5.41, 5.74) is 5.12. The highest BCUT2D eigenvalue weighted by atomic mass is 16.4. The van der Waals surface area contributed by atoms with Gasteiger partial charge in [-0.05, 0) is 17.2 Å². The van der Waals surface area contributed by atoms with Gasteiger partial charge >= 0.3 is 5.97 Å². The lowest BCUT2D eigenvalue weighted by molar-refractivity contribution is 0.0698. The number of amides is 1. The summed E-state index contributed by atoms with van der Waals surface area (Å²) < 4.78 is 1.74. The maximum Gasteiger partial charge on any atom is 0.337 e. The number of aliphatic hydroxyl groups excluding tert-OH is 1. The molecule has 1 aliphatic heterocycles. The monoisotopic (exact) mass is 473 g/mol. The minimum Gasteiger partial charge on any atom is -0.478 e. The Morgan fingerprint density at radius 3 is 2.71 bits per heavy atom. The van der Waals surface area contributed by atoms with Gasteiger partial charge in [-0.25, -0.2) is 4.79 Å². The van der Waals surface area contributed by atoms with Crippen molar-refractivity contribution in [3.63, 3.8) is 0 Å². The van der Waals surface area contributed by atoms with Crippen molar-refractivity contribution in [3.05, 3.63) is 88.4 Å². The Morgan fingerprint density at radius 1 is 1.11 bits per heavy atom. The summed E-state index contributed by atoms with van der Waals surface area (Å²) >= 11 is 0. The largest absolute Gasteiger partial charge is 0.478 e. The molecule has 4 N–H and O–H groups in total. The first-order valence-electron chi connectivity index (χ1n) is 11.6. The molecule has 0 aliphatic carbocycles. The Morgan fingerprint density at radius 2 is 1.94 bits per heavy atom. The van der Waals surface area contributed by atoms with Crippen LogP contribution in [0.5, 0.6) is 0 Å². The van der Waals surface area contributed by atoms with Crippen LogP contribution in [0.15, 0.2) is 54.7 Å². The van der Waals surface area contributed by atoms with E-state index < -0.39 is 5.97 Å². The molecule has 5 rings (SSSR count). The van der Waals surface area contributed by atoms with Gasteiger partial charge in [-0.3, -0.25) is 14.4 Å². The summed E-state index contributed by atoms with van der Waals surface area (Å²) in [6, 6.07) is 15.0. The second-order valence-corrected chi connectivity index (χ2v) is 8.70. The van der Waals surface area contributed by atoms with E-state index in [0.717, 1.165) is 34.3 Å². The lowest BCUT2D eigenvalue weighted by atomic mass is 10.0. The lowest BCUT2D eigenvalue weighted by Crippen LogP contribution is -2.32. The van der Waals surface area contributed by atoms with E-state index in [4.69, 9.17) is 0 Å². The summed E-state index contributed by atoms with van der Waals surface area (Å²) in [4.78, 5) is 30.0. The molecule has 0 atom stereocenters. The average Bonchev–Trinajstić information content (AvgIpc) is 3.44. The Bertz CT molecular complexity index is 1380. The van der Waals surface area contributed by atoms with Crippen LogP contribution in [0.1, 0.15) is 43.2 Å². The molecule has 9 nitrogen and oxygen atoms in total. The molecule has 0 bridgehead atoms. The Kier molecular flexibility index (Phi) is 6.35. The van der Waals surface area contributed by atoms with Crippen molar-refractivity contribution < 1.29 is 19.8 Å². The molecule has 0 spiro atoms. The van der Waals surface area contributed by atoms with Gasteiger partial charge in [0.2, 0.25) is 0 Å². The standard InChI is InChI=1S/C26H27N5O4/c32-12-11-31-22-9-10-30(15-18-14-27-23-19(18)7-4-8-20(23)26(34)35)16-21(22)24(29-31)25(33)28-13-17-5-2-1-3-6-17/h1-8,14,27,32H,9-13,15-16H2,(H,28,33)(H,34,35). The second kappa shape index (κ2) is 9.73. The third-order valence-electron chi connectivity index (χ3n) is 6.46. The summed E-state index contributed by atoms with van der Waals surface area (Å²) in [5.74, 6) is -1.20. The van der Waals surface area contributed by atoms with Crippen LogP contribution in [-0.4, -0.2) is 54.9 Å².